The summed E-state index contributed by atoms with van der Waals surface area (Å²) in [5.74, 6) is 0.556. The van der Waals surface area contributed by atoms with Crippen molar-refractivity contribution >= 4 is 0 Å². The summed E-state index contributed by atoms with van der Waals surface area (Å²) in [4.78, 5) is 0. The van der Waals surface area contributed by atoms with Crippen molar-refractivity contribution in [3.05, 3.63) is 59.4 Å². The van der Waals surface area contributed by atoms with Crippen molar-refractivity contribution in [1.82, 2.24) is 0 Å². The van der Waals surface area contributed by atoms with Gasteiger partial charge < -0.3 is 9.47 Å². The van der Waals surface area contributed by atoms with Gasteiger partial charge in [0.25, 0.3) is 0 Å². The van der Waals surface area contributed by atoms with Crippen molar-refractivity contribution in [3.63, 3.8) is 0 Å². The highest BCUT2D eigenvalue weighted by Crippen LogP contribution is 2.18. The molecule has 108 valence electrons. The molecule has 2 aromatic carbocycles. The molecule has 0 fully saturated rings. The Morgan fingerprint density at radius 2 is 1.90 bits per heavy atom. The molecule has 0 radical (unpaired) electrons. The number of halogens is 1. The standard InChI is InChI=1S/C17H16FNO2/c1-13-6-7-16(18)17(10-13)21-9-3-8-20-15-5-2-4-14(11-15)12-19/h2,4-7,10-11H,3,8-9H2,1H3. The summed E-state index contributed by atoms with van der Waals surface area (Å²) in [6, 6.07) is 13.8. The largest absolute Gasteiger partial charge is 0.493 e. The minimum atomic E-state index is -0.358. The zero-order valence-electron chi connectivity index (χ0n) is 11.8. The van der Waals surface area contributed by atoms with E-state index < -0.39 is 0 Å². The van der Waals surface area contributed by atoms with E-state index in [1.165, 1.54) is 6.07 Å². The van der Waals surface area contributed by atoms with Crippen molar-refractivity contribution < 1.29 is 13.9 Å². The lowest BCUT2D eigenvalue weighted by Crippen LogP contribution is -2.06. The van der Waals surface area contributed by atoms with E-state index in [9.17, 15) is 4.39 Å². The van der Waals surface area contributed by atoms with Crippen LogP contribution in [0.25, 0.3) is 0 Å². The SMILES string of the molecule is Cc1ccc(F)c(OCCCOc2cccc(C#N)c2)c1. The molecule has 3 nitrogen and oxygen atoms in total. The van der Waals surface area contributed by atoms with Gasteiger partial charge in [-0.05, 0) is 42.8 Å². The molecule has 4 heteroatoms. The molecule has 0 bridgehead atoms. The fourth-order valence-corrected chi connectivity index (χ4v) is 1.81. The molecule has 0 saturated carbocycles. The predicted molar refractivity (Wildman–Crippen MR) is 77.9 cm³/mol. The first-order valence-electron chi connectivity index (χ1n) is 6.71. The molecule has 0 aliphatic heterocycles. The molecule has 0 aromatic heterocycles. The second kappa shape index (κ2) is 7.30. The highest BCUT2D eigenvalue weighted by atomic mass is 19.1. The number of nitrogens with zero attached hydrogens (tertiary/aromatic N) is 1. The number of aryl methyl sites for hydroxylation is 1. The van der Waals surface area contributed by atoms with Crippen LogP contribution in [-0.2, 0) is 0 Å². The van der Waals surface area contributed by atoms with Crippen LogP contribution >= 0.6 is 0 Å². The Bertz CT molecular complexity index is 649. The van der Waals surface area contributed by atoms with E-state index >= 15 is 0 Å². The minimum Gasteiger partial charge on any atom is -0.493 e. The third-order valence-electron chi connectivity index (χ3n) is 2.86. The van der Waals surface area contributed by atoms with Gasteiger partial charge in [0.2, 0.25) is 0 Å². The predicted octanol–water partition coefficient (Wildman–Crippen LogP) is 3.85. The molecule has 0 aliphatic carbocycles. The summed E-state index contributed by atoms with van der Waals surface area (Å²) < 4.78 is 24.3. The Morgan fingerprint density at radius 3 is 2.71 bits per heavy atom. The van der Waals surface area contributed by atoms with E-state index in [4.69, 9.17) is 14.7 Å². The number of hydrogen-bond acceptors (Lipinski definition) is 3. The first-order valence-corrected chi connectivity index (χ1v) is 6.71. The molecule has 0 aliphatic rings. The van der Waals surface area contributed by atoms with Crippen LogP contribution in [0, 0.1) is 24.1 Å². The van der Waals surface area contributed by atoms with Crippen LogP contribution in [0.1, 0.15) is 17.5 Å². The highest BCUT2D eigenvalue weighted by molar-refractivity contribution is 5.36. The Kier molecular flexibility index (Phi) is 5.16. The summed E-state index contributed by atoms with van der Waals surface area (Å²) in [6.07, 6.45) is 0.629. The topological polar surface area (TPSA) is 42.2 Å². The molecule has 0 amide bonds. The Balaban J connectivity index is 1.75. The number of rotatable bonds is 6. The quantitative estimate of drug-likeness (QED) is 0.757. The summed E-state index contributed by atoms with van der Waals surface area (Å²) in [5.41, 5.74) is 1.52. The average Bonchev–Trinajstić information content (AvgIpc) is 2.50. The van der Waals surface area contributed by atoms with Crippen LogP contribution < -0.4 is 9.47 Å². The number of nitriles is 1. The van der Waals surface area contributed by atoms with Gasteiger partial charge in [0.05, 0.1) is 24.8 Å². The van der Waals surface area contributed by atoms with Gasteiger partial charge in [-0.1, -0.05) is 12.1 Å². The zero-order valence-corrected chi connectivity index (χ0v) is 11.8. The Hall–Kier alpha value is -2.54. The van der Waals surface area contributed by atoms with Crippen molar-refractivity contribution in [2.45, 2.75) is 13.3 Å². The normalized spacial score (nSPS) is 9.95. The molecule has 0 atom stereocenters. The lowest BCUT2D eigenvalue weighted by atomic mass is 10.2. The molecular weight excluding hydrogens is 269 g/mol. The summed E-state index contributed by atoms with van der Waals surface area (Å²) in [6.45, 7) is 2.71. The Labute approximate surface area is 123 Å². The zero-order chi connectivity index (χ0) is 15.1. The maximum absolute atomic E-state index is 13.4. The van der Waals surface area contributed by atoms with Crippen LogP contribution in [-0.4, -0.2) is 13.2 Å². The lowest BCUT2D eigenvalue weighted by Gasteiger charge is -2.09. The fourth-order valence-electron chi connectivity index (χ4n) is 1.81. The molecule has 0 heterocycles. The van der Waals surface area contributed by atoms with E-state index in [2.05, 4.69) is 6.07 Å². The van der Waals surface area contributed by atoms with Crippen LogP contribution in [0.15, 0.2) is 42.5 Å². The molecule has 0 spiro atoms. The van der Waals surface area contributed by atoms with Gasteiger partial charge in [0.15, 0.2) is 11.6 Å². The van der Waals surface area contributed by atoms with Crippen molar-refractivity contribution in [2.75, 3.05) is 13.2 Å². The lowest BCUT2D eigenvalue weighted by molar-refractivity contribution is 0.241. The maximum atomic E-state index is 13.4. The Morgan fingerprint density at radius 1 is 1.10 bits per heavy atom. The van der Waals surface area contributed by atoms with Gasteiger partial charge in [-0.3, -0.25) is 0 Å². The van der Waals surface area contributed by atoms with Gasteiger partial charge in [0.1, 0.15) is 5.75 Å². The van der Waals surface area contributed by atoms with Gasteiger partial charge >= 0.3 is 0 Å². The van der Waals surface area contributed by atoms with E-state index in [1.807, 2.05) is 6.92 Å². The van der Waals surface area contributed by atoms with Crippen molar-refractivity contribution in [2.24, 2.45) is 0 Å². The number of benzene rings is 2. The van der Waals surface area contributed by atoms with Crippen molar-refractivity contribution in [1.29, 1.82) is 5.26 Å². The molecule has 0 saturated heterocycles. The van der Waals surface area contributed by atoms with Gasteiger partial charge in [-0.25, -0.2) is 4.39 Å². The molecule has 0 unspecified atom stereocenters. The number of hydrogen-bond donors (Lipinski definition) is 0. The van der Waals surface area contributed by atoms with Crippen molar-refractivity contribution in [3.8, 4) is 17.6 Å². The summed E-state index contributed by atoms with van der Waals surface area (Å²) in [7, 11) is 0. The van der Waals surface area contributed by atoms with Gasteiger partial charge in [-0.2, -0.15) is 5.26 Å². The van der Waals surface area contributed by atoms with E-state index in [0.29, 0.717) is 30.9 Å². The fraction of sp³-hybridized carbons (Fsp3) is 0.235. The van der Waals surface area contributed by atoms with E-state index in [-0.39, 0.29) is 11.6 Å². The molecule has 2 aromatic rings. The third kappa shape index (κ3) is 4.50. The van der Waals surface area contributed by atoms with Gasteiger partial charge in [-0.15, -0.1) is 0 Å². The van der Waals surface area contributed by atoms with Crippen LogP contribution in [0.4, 0.5) is 4.39 Å². The summed E-state index contributed by atoms with van der Waals surface area (Å²) in [5, 5.41) is 8.79. The second-order valence-electron chi connectivity index (χ2n) is 4.62. The van der Waals surface area contributed by atoms with Crippen LogP contribution in [0.2, 0.25) is 0 Å². The first kappa shape index (κ1) is 14.9. The smallest absolute Gasteiger partial charge is 0.165 e. The first-order chi connectivity index (χ1) is 10.2. The second-order valence-corrected chi connectivity index (χ2v) is 4.62. The molecule has 21 heavy (non-hydrogen) atoms. The average molecular weight is 285 g/mol. The van der Waals surface area contributed by atoms with Crippen LogP contribution in [0.5, 0.6) is 11.5 Å². The maximum Gasteiger partial charge on any atom is 0.165 e. The molecule has 2 rings (SSSR count). The highest BCUT2D eigenvalue weighted by Gasteiger charge is 2.03. The monoisotopic (exact) mass is 285 g/mol. The van der Waals surface area contributed by atoms with Crippen LogP contribution in [0.3, 0.4) is 0 Å². The molecule has 0 N–H and O–H groups in total. The van der Waals surface area contributed by atoms with Gasteiger partial charge in [0, 0.05) is 6.42 Å². The van der Waals surface area contributed by atoms with E-state index in [0.717, 1.165) is 5.56 Å². The minimum absolute atomic E-state index is 0.265. The molecular formula is C17H16FNO2. The van der Waals surface area contributed by atoms with E-state index in [1.54, 1.807) is 36.4 Å². The number of ether oxygens (including phenoxy) is 2. The third-order valence-corrected chi connectivity index (χ3v) is 2.86. The summed E-state index contributed by atoms with van der Waals surface area (Å²) >= 11 is 0.